The van der Waals surface area contributed by atoms with Gasteiger partial charge in [0.1, 0.15) is 5.52 Å². The Bertz CT molecular complexity index is 720. The predicted octanol–water partition coefficient (Wildman–Crippen LogP) is 5.31. The van der Waals surface area contributed by atoms with E-state index in [1.807, 2.05) is 24.3 Å². The van der Waals surface area contributed by atoms with Crippen LogP contribution in [0.4, 0.5) is 0 Å². The van der Waals surface area contributed by atoms with Crippen molar-refractivity contribution in [3.05, 3.63) is 49.4 Å². The maximum absolute atomic E-state index is 5.84. The summed E-state index contributed by atoms with van der Waals surface area (Å²) >= 11 is 8.85. The minimum absolute atomic E-state index is 0.181. The maximum Gasteiger partial charge on any atom is 0.197 e. The first kappa shape index (κ1) is 15.2. The van der Waals surface area contributed by atoms with Crippen molar-refractivity contribution in [2.24, 2.45) is 0 Å². The summed E-state index contributed by atoms with van der Waals surface area (Å²) in [7, 11) is 0. The van der Waals surface area contributed by atoms with E-state index < -0.39 is 0 Å². The Hall–Kier alpha value is -0.690. The first-order valence-electron chi connectivity index (χ1n) is 6.70. The van der Waals surface area contributed by atoms with Gasteiger partial charge in [-0.15, -0.1) is 11.3 Å². The fourth-order valence-corrected chi connectivity index (χ4v) is 5.28. The third-order valence-corrected chi connectivity index (χ3v) is 5.61. The predicted molar refractivity (Wildman–Crippen MR) is 93.8 cm³/mol. The van der Waals surface area contributed by atoms with Gasteiger partial charge in [-0.2, -0.15) is 0 Å². The average molecular weight is 430 g/mol. The number of rotatable bonds is 5. The molecule has 0 aliphatic carbocycles. The molecular weight excluding hydrogens is 416 g/mol. The molecule has 0 saturated carbocycles. The number of nitrogens with zero attached hydrogens (tertiary/aromatic N) is 1. The van der Waals surface area contributed by atoms with Crippen molar-refractivity contribution in [1.29, 1.82) is 0 Å². The summed E-state index contributed by atoms with van der Waals surface area (Å²) in [5.74, 6) is 0.761. The molecule has 1 atom stereocenters. The molecule has 21 heavy (non-hydrogen) atoms. The van der Waals surface area contributed by atoms with Crippen LogP contribution in [0.25, 0.3) is 11.1 Å². The second-order valence-electron chi connectivity index (χ2n) is 4.67. The number of hydrogen-bond acceptors (Lipinski definition) is 4. The third-order valence-electron chi connectivity index (χ3n) is 3.23. The second-order valence-corrected chi connectivity index (χ2v) is 8.42. The summed E-state index contributed by atoms with van der Waals surface area (Å²) in [4.78, 5) is 4.57. The molecule has 0 spiro atoms. The number of aromatic nitrogens is 1. The van der Waals surface area contributed by atoms with Gasteiger partial charge in [0.05, 0.1) is 7.57 Å². The molecule has 3 aromatic rings. The third kappa shape index (κ3) is 3.39. The summed E-state index contributed by atoms with van der Waals surface area (Å²) in [6, 6.07) is 10.2. The Morgan fingerprint density at radius 2 is 2.14 bits per heavy atom. The summed E-state index contributed by atoms with van der Waals surface area (Å²) in [5.41, 5.74) is 2.98. The molecule has 3 rings (SSSR count). The summed E-state index contributed by atoms with van der Waals surface area (Å²) in [6.07, 6.45) is 0.726. The molecule has 3 nitrogen and oxygen atoms in total. The van der Waals surface area contributed by atoms with E-state index in [1.165, 1.54) is 5.56 Å². The summed E-state index contributed by atoms with van der Waals surface area (Å²) in [5, 5.41) is 3.50. The highest BCUT2D eigenvalue weighted by atomic mass is 79.9. The van der Waals surface area contributed by atoms with E-state index in [0.717, 1.165) is 37.5 Å². The molecule has 0 saturated heterocycles. The SMILES string of the molecule is CCNC(Cc1nc2ccccc2o1)c1cc(Br)sc1Br. The monoisotopic (exact) mass is 428 g/mol. The largest absolute Gasteiger partial charge is 0.441 e. The van der Waals surface area contributed by atoms with E-state index >= 15 is 0 Å². The molecule has 0 radical (unpaired) electrons. The number of para-hydroxylation sites is 2. The van der Waals surface area contributed by atoms with Crippen LogP contribution < -0.4 is 5.32 Å². The Kier molecular flexibility index (Phi) is 4.78. The van der Waals surface area contributed by atoms with Gasteiger partial charge in [-0.25, -0.2) is 4.98 Å². The standard InChI is InChI=1S/C15H14Br2N2OS/c1-2-18-11(9-7-13(16)21-15(9)17)8-14-19-10-5-3-4-6-12(10)20-14/h3-7,11,18H,2,8H2,1H3. The van der Waals surface area contributed by atoms with Crippen molar-refractivity contribution in [1.82, 2.24) is 10.3 Å². The van der Waals surface area contributed by atoms with E-state index in [9.17, 15) is 0 Å². The van der Waals surface area contributed by atoms with Gasteiger partial charge in [0.2, 0.25) is 0 Å². The molecule has 2 heterocycles. The Morgan fingerprint density at radius 3 is 2.81 bits per heavy atom. The molecule has 0 fully saturated rings. The molecule has 0 aliphatic heterocycles. The number of nitrogens with one attached hydrogen (secondary N) is 1. The molecule has 0 bridgehead atoms. The highest BCUT2D eigenvalue weighted by molar-refractivity contribution is 9.12. The van der Waals surface area contributed by atoms with Crippen LogP contribution in [0.3, 0.4) is 0 Å². The lowest BCUT2D eigenvalue weighted by Gasteiger charge is -2.15. The van der Waals surface area contributed by atoms with Gasteiger partial charge in [-0.05, 0) is 62.2 Å². The molecule has 110 valence electrons. The van der Waals surface area contributed by atoms with Crippen molar-refractivity contribution in [2.75, 3.05) is 6.54 Å². The number of halogens is 2. The molecule has 0 amide bonds. The van der Waals surface area contributed by atoms with Crippen molar-refractivity contribution in [3.63, 3.8) is 0 Å². The molecule has 1 N–H and O–H groups in total. The van der Waals surface area contributed by atoms with E-state index in [4.69, 9.17) is 4.42 Å². The van der Waals surface area contributed by atoms with Gasteiger partial charge in [-0.1, -0.05) is 19.1 Å². The number of fused-ring (bicyclic) bond motifs is 1. The van der Waals surface area contributed by atoms with Gasteiger partial charge >= 0.3 is 0 Å². The van der Waals surface area contributed by atoms with E-state index in [1.54, 1.807) is 11.3 Å². The molecule has 2 aromatic heterocycles. The summed E-state index contributed by atoms with van der Waals surface area (Å²) in [6.45, 7) is 3.00. The Morgan fingerprint density at radius 1 is 1.33 bits per heavy atom. The Labute approximate surface area is 144 Å². The number of thiophene rings is 1. The smallest absolute Gasteiger partial charge is 0.197 e. The van der Waals surface area contributed by atoms with Crippen LogP contribution >= 0.6 is 43.2 Å². The van der Waals surface area contributed by atoms with Crippen molar-refractivity contribution in [2.45, 2.75) is 19.4 Å². The highest BCUT2D eigenvalue weighted by Gasteiger charge is 2.19. The average Bonchev–Trinajstić information content (AvgIpc) is 3.00. The highest BCUT2D eigenvalue weighted by Crippen LogP contribution is 2.36. The van der Waals surface area contributed by atoms with E-state index in [0.29, 0.717) is 0 Å². The number of benzene rings is 1. The van der Waals surface area contributed by atoms with Crippen LogP contribution in [0.1, 0.15) is 24.4 Å². The normalized spacial score (nSPS) is 12.9. The minimum atomic E-state index is 0.181. The lowest BCUT2D eigenvalue weighted by Crippen LogP contribution is -2.22. The first-order valence-corrected chi connectivity index (χ1v) is 9.10. The van der Waals surface area contributed by atoms with Crippen LogP contribution in [-0.4, -0.2) is 11.5 Å². The van der Waals surface area contributed by atoms with Gasteiger partial charge in [0, 0.05) is 12.5 Å². The van der Waals surface area contributed by atoms with E-state index in [2.05, 4.69) is 55.2 Å². The van der Waals surface area contributed by atoms with Gasteiger partial charge in [0.15, 0.2) is 11.5 Å². The van der Waals surface area contributed by atoms with Crippen molar-refractivity contribution in [3.8, 4) is 0 Å². The van der Waals surface area contributed by atoms with Crippen molar-refractivity contribution < 1.29 is 4.42 Å². The fourth-order valence-electron chi connectivity index (χ4n) is 2.31. The van der Waals surface area contributed by atoms with Crippen LogP contribution in [0.15, 0.2) is 42.3 Å². The fraction of sp³-hybridized carbons (Fsp3) is 0.267. The van der Waals surface area contributed by atoms with E-state index in [-0.39, 0.29) is 6.04 Å². The lowest BCUT2D eigenvalue weighted by molar-refractivity contribution is 0.460. The number of likely N-dealkylation sites (N-methyl/N-ethyl adjacent to an activating group) is 1. The van der Waals surface area contributed by atoms with Gasteiger partial charge in [0.25, 0.3) is 0 Å². The lowest BCUT2D eigenvalue weighted by atomic mass is 10.1. The zero-order valence-electron chi connectivity index (χ0n) is 11.4. The Balaban J connectivity index is 1.89. The topological polar surface area (TPSA) is 38.1 Å². The second kappa shape index (κ2) is 6.60. The van der Waals surface area contributed by atoms with Crippen molar-refractivity contribution >= 4 is 54.3 Å². The molecule has 1 aromatic carbocycles. The molecular formula is C15H14Br2N2OS. The van der Waals surface area contributed by atoms with Crippen LogP contribution in [-0.2, 0) is 6.42 Å². The zero-order chi connectivity index (χ0) is 14.8. The maximum atomic E-state index is 5.84. The number of oxazole rings is 1. The molecule has 6 heteroatoms. The molecule has 0 aliphatic rings. The van der Waals surface area contributed by atoms with Crippen LogP contribution in [0, 0.1) is 0 Å². The van der Waals surface area contributed by atoms with Crippen LogP contribution in [0.2, 0.25) is 0 Å². The van der Waals surface area contributed by atoms with Gasteiger partial charge < -0.3 is 9.73 Å². The first-order chi connectivity index (χ1) is 10.2. The minimum Gasteiger partial charge on any atom is -0.441 e. The van der Waals surface area contributed by atoms with Crippen LogP contribution in [0.5, 0.6) is 0 Å². The van der Waals surface area contributed by atoms with Gasteiger partial charge in [-0.3, -0.25) is 0 Å². The zero-order valence-corrected chi connectivity index (χ0v) is 15.4. The number of hydrogen-bond donors (Lipinski definition) is 1. The molecule has 1 unspecified atom stereocenters. The quantitative estimate of drug-likeness (QED) is 0.597. The summed E-state index contributed by atoms with van der Waals surface area (Å²) < 4.78 is 8.09.